The van der Waals surface area contributed by atoms with Crippen molar-refractivity contribution in [3.63, 3.8) is 0 Å². The van der Waals surface area contributed by atoms with Crippen molar-refractivity contribution in [3.8, 4) is 0 Å². The zero-order valence-electron chi connectivity index (χ0n) is 10.2. The van der Waals surface area contributed by atoms with Crippen molar-refractivity contribution in [2.24, 2.45) is 0 Å². The number of unbranched alkanes of at least 4 members (excludes halogenated alkanes) is 1. The Bertz CT molecular complexity index is 431. The van der Waals surface area contributed by atoms with E-state index in [9.17, 15) is 0 Å². The van der Waals surface area contributed by atoms with Gasteiger partial charge in [0.15, 0.2) is 0 Å². The highest BCUT2D eigenvalue weighted by atomic mass is 31.1. The van der Waals surface area contributed by atoms with E-state index in [0.717, 1.165) is 8.58 Å². The summed E-state index contributed by atoms with van der Waals surface area (Å²) in [7, 11) is 0.755. The van der Waals surface area contributed by atoms with Gasteiger partial charge in [-0.05, 0) is 35.1 Å². The van der Waals surface area contributed by atoms with E-state index in [1.54, 1.807) is 0 Å². The Kier molecular flexibility index (Phi) is 4.76. The summed E-state index contributed by atoms with van der Waals surface area (Å²) in [4.78, 5) is 0. The first-order valence-electron chi connectivity index (χ1n) is 6.20. The van der Waals surface area contributed by atoms with E-state index < -0.39 is 0 Å². The lowest BCUT2D eigenvalue weighted by atomic mass is 10.1. The minimum Gasteiger partial charge on any atom is -0.0654 e. The molecule has 0 amide bonds. The Morgan fingerprint density at radius 1 is 0.941 bits per heavy atom. The maximum atomic E-state index is 3.06. The molecular weight excluding hydrogens is 223 g/mol. The first-order valence-corrected chi connectivity index (χ1v) is 7.20. The molecule has 0 nitrogen and oxygen atoms in total. The molecule has 0 saturated heterocycles. The minimum absolute atomic E-state index is 0.755. The fourth-order valence-corrected chi connectivity index (χ4v) is 2.77. The van der Waals surface area contributed by atoms with E-state index in [1.165, 1.54) is 35.4 Å². The van der Waals surface area contributed by atoms with Crippen LogP contribution in [0.1, 0.15) is 25.3 Å². The van der Waals surface area contributed by atoms with Crippen LogP contribution in [0.3, 0.4) is 0 Å². The lowest BCUT2D eigenvalue weighted by Crippen LogP contribution is -2.02. The van der Waals surface area contributed by atoms with E-state index >= 15 is 0 Å². The molecule has 0 saturated carbocycles. The molecule has 1 unspecified atom stereocenters. The van der Waals surface area contributed by atoms with E-state index in [2.05, 4.69) is 49.4 Å². The molecule has 2 aromatic rings. The maximum Gasteiger partial charge on any atom is -0.0184 e. The second-order valence-corrected chi connectivity index (χ2v) is 5.62. The van der Waals surface area contributed by atoms with Crippen molar-refractivity contribution >= 4 is 19.2 Å². The van der Waals surface area contributed by atoms with Gasteiger partial charge in [-0.1, -0.05) is 70.5 Å². The average molecular weight is 241 g/mol. The number of hydrogen-bond donors (Lipinski definition) is 0. The van der Waals surface area contributed by atoms with E-state index in [1.807, 2.05) is 12.1 Å². The smallest absolute Gasteiger partial charge is 0.0184 e. The highest BCUT2D eigenvalue weighted by Gasteiger charge is 1.96. The first-order chi connectivity index (χ1) is 8.38. The van der Waals surface area contributed by atoms with E-state index in [-0.39, 0.29) is 0 Å². The van der Waals surface area contributed by atoms with Crippen LogP contribution in [-0.2, 0) is 6.42 Å². The van der Waals surface area contributed by atoms with Crippen LogP contribution in [0.5, 0.6) is 0 Å². The summed E-state index contributed by atoms with van der Waals surface area (Å²) in [6.07, 6.45) is 3.76. The third-order valence-corrected chi connectivity index (χ3v) is 4.02. The molecule has 87 valence electrons. The Morgan fingerprint density at radius 3 is 2.24 bits per heavy atom. The zero-order valence-corrected chi connectivity index (χ0v) is 11.2. The second-order valence-electron chi connectivity index (χ2n) is 4.21. The molecule has 1 heteroatoms. The third kappa shape index (κ3) is 3.98. The summed E-state index contributed by atoms with van der Waals surface area (Å²) in [6.45, 7) is 2.24. The molecule has 1 atom stereocenters. The average Bonchev–Trinajstić information content (AvgIpc) is 2.39. The molecule has 0 heterocycles. The SMILES string of the molecule is CCCCc1ccc(Pc2cc[c]cc2)cc1. The fourth-order valence-electron chi connectivity index (χ4n) is 1.77. The summed E-state index contributed by atoms with van der Waals surface area (Å²) < 4.78 is 0. The number of hydrogen-bond acceptors (Lipinski definition) is 0. The van der Waals surface area contributed by atoms with Gasteiger partial charge in [-0.3, -0.25) is 0 Å². The largest absolute Gasteiger partial charge is 0.0654 e. The van der Waals surface area contributed by atoms with Crippen LogP contribution >= 0.6 is 8.58 Å². The molecular formula is C16H18P. The molecule has 0 bridgehead atoms. The van der Waals surface area contributed by atoms with Gasteiger partial charge < -0.3 is 0 Å². The minimum atomic E-state index is 0.755. The van der Waals surface area contributed by atoms with Gasteiger partial charge in [0, 0.05) is 0 Å². The van der Waals surface area contributed by atoms with Gasteiger partial charge in [-0.15, -0.1) is 0 Å². The quantitative estimate of drug-likeness (QED) is 0.703. The van der Waals surface area contributed by atoms with Crippen molar-refractivity contribution in [2.75, 3.05) is 0 Å². The monoisotopic (exact) mass is 241 g/mol. The van der Waals surface area contributed by atoms with Crippen LogP contribution in [0, 0.1) is 6.07 Å². The molecule has 0 aromatic heterocycles. The molecule has 1 radical (unpaired) electrons. The molecule has 0 spiro atoms. The van der Waals surface area contributed by atoms with Gasteiger partial charge in [0.1, 0.15) is 0 Å². The van der Waals surface area contributed by atoms with E-state index in [4.69, 9.17) is 0 Å². The summed E-state index contributed by atoms with van der Waals surface area (Å²) in [5.74, 6) is 0. The van der Waals surface area contributed by atoms with Crippen LogP contribution in [0.15, 0.2) is 48.5 Å². The molecule has 17 heavy (non-hydrogen) atoms. The van der Waals surface area contributed by atoms with Crippen molar-refractivity contribution in [3.05, 3.63) is 60.2 Å². The number of rotatable bonds is 5. The molecule has 2 aromatic carbocycles. The van der Waals surface area contributed by atoms with Gasteiger partial charge in [0.2, 0.25) is 0 Å². The van der Waals surface area contributed by atoms with Crippen LogP contribution in [0.4, 0.5) is 0 Å². The van der Waals surface area contributed by atoms with Crippen molar-refractivity contribution in [1.82, 2.24) is 0 Å². The topological polar surface area (TPSA) is 0 Å². The highest BCUT2D eigenvalue weighted by molar-refractivity contribution is 7.55. The predicted octanol–water partition coefficient (Wildman–Crippen LogP) is 3.46. The van der Waals surface area contributed by atoms with Crippen LogP contribution < -0.4 is 10.6 Å². The Hall–Kier alpha value is -1.13. The Labute approximate surface area is 106 Å². The summed E-state index contributed by atoms with van der Waals surface area (Å²) in [6, 6.07) is 20.4. The van der Waals surface area contributed by atoms with Gasteiger partial charge >= 0.3 is 0 Å². The third-order valence-electron chi connectivity index (χ3n) is 2.78. The zero-order chi connectivity index (χ0) is 11.9. The van der Waals surface area contributed by atoms with Gasteiger partial charge in [-0.2, -0.15) is 0 Å². The van der Waals surface area contributed by atoms with Crippen LogP contribution in [-0.4, -0.2) is 0 Å². The molecule has 0 aliphatic heterocycles. The van der Waals surface area contributed by atoms with Crippen LogP contribution in [0.25, 0.3) is 0 Å². The normalized spacial score (nSPS) is 11.1. The van der Waals surface area contributed by atoms with Crippen molar-refractivity contribution in [1.29, 1.82) is 0 Å². The number of aryl methyl sites for hydroxylation is 1. The molecule has 0 N–H and O–H groups in total. The number of benzene rings is 2. The lowest BCUT2D eigenvalue weighted by molar-refractivity contribution is 0.795. The summed E-state index contributed by atoms with van der Waals surface area (Å²) >= 11 is 0. The van der Waals surface area contributed by atoms with Crippen molar-refractivity contribution < 1.29 is 0 Å². The predicted molar refractivity (Wildman–Crippen MR) is 77.9 cm³/mol. The highest BCUT2D eigenvalue weighted by Crippen LogP contribution is 2.11. The fraction of sp³-hybridized carbons (Fsp3) is 0.250. The lowest BCUT2D eigenvalue weighted by Gasteiger charge is -2.04. The van der Waals surface area contributed by atoms with Crippen molar-refractivity contribution in [2.45, 2.75) is 26.2 Å². The van der Waals surface area contributed by atoms with E-state index in [0.29, 0.717) is 0 Å². The van der Waals surface area contributed by atoms with Gasteiger partial charge in [0.05, 0.1) is 0 Å². The van der Waals surface area contributed by atoms with Gasteiger partial charge in [0.25, 0.3) is 0 Å². The molecule has 2 rings (SSSR count). The van der Waals surface area contributed by atoms with Crippen LogP contribution in [0.2, 0.25) is 0 Å². The standard InChI is InChI=1S/C16H18P/c1-2-3-7-14-10-12-16(13-11-14)17-15-8-5-4-6-9-15/h5-6,8-13,17H,2-3,7H2,1H3. The second kappa shape index (κ2) is 6.57. The summed E-state index contributed by atoms with van der Waals surface area (Å²) in [5, 5.41) is 2.79. The molecule has 0 fully saturated rings. The Morgan fingerprint density at radius 2 is 1.59 bits per heavy atom. The first kappa shape index (κ1) is 12.3. The van der Waals surface area contributed by atoms with Gasteiger partial charge in [-0.25, -0.2) is 0 Å². The maximum absolute atomic E-state index is 3.06. The molecule has 0 aliphatic carbocycles. The Balaban J connectivity index is 1.98. The summed E-state index contributed by atoms with van der Waals surface area (Å²) in [5.41, 5.74) is 1.46. The molecule has 0 aliphatic rings.